The van der Waals surface area contributed by atoms with Gasteiger partial charge < -0.3 is 10.2 Å². The highest BCUT2D eigenvalue weighted by molar-refractivity contribution is 5.80. The van der Waals surface area contributed by atoms with Crippen LogP contribution in [0.5, 0.6) is 0 Å². The van der Waals surface area contributed by atoms with Crippen molar-refractivity contribution in [3.8, 4) is 0 Å². The van der Waals surface area contributed by atoms with Gasteiger partial charge in [0, 0.05) is 56.9 Å². The number of rotatable bonds is 6. The van der Waals surface area contributed by atoms with Crippen LogP contribution in [0.4, 0.5) is 0 Å². The Hall–Kier alpha value is -2.21. The average Bonchev–Trinajstić information content (AvgIpc) is 3.15. The molecule has 2 aromatic rings. The predicted octanol–water partition coefficient (Wildman–Crippen LogP) is 1.62. The summed E-state index contributed by atoms with van der Waals surface area (Å²) in [4.78, 5) is 18.2. The molecular formula is C17H23N5O. The number of likely N-dealkylation sites (tertiary alicyclic amines) is 1. The summed E-state index contributed by atoms with van der Waals surface area (Å²) in [5, 5.41) is 7.84. The quantitative estimate of drug-likeness (QED) is 0.880. The largest absolute Gasteiger partial charge is 0.337 e. The van der Waals surface area contributed by atoms with Gasteiger partial charge >= 0.3 is 0 Å². The van der Waals surface area contributed by atoms with Crippen LogP contribution in [0.2, 0.25) is 0 Å². The lowest BCUT2D eigenvalue weighted by Crippen LogP contribution is -2.40. The monoisotopic (exact) mass is 313 g/mol. The Kier molecular flexibility index (Phi) is 4.71. The van der Waals surface area contributed by atoms with Crippen molar-refractivity contribution in [2.45, 2.75) is 44.4 Å². The predicted molar refractivity (Wildman–Crippen MR) is 87.6 cm³/mol. The van der Waals surface area contributed by atoms with Crippen LogP contribution >= 0.6 is 0 Å². The van der Waals surface area contributed by atoms with Gasteiger partial charge in [-0.25, -0.2) is 0 Å². The van der Waals surface area contributed by atoms with Crippen LogP contribution in [0.1, 0.15) is 31.4 Å². The van der Waals surface area contributed by atoms with E-state index in [2.05, 4.69) is 22.3 Å². The normalized spacial score (nSPS) is 22.5. The Balaban J connectivity index is 1.64. The molecule has 122 valence electrons. The maximum absolute atomic E-state index is 12.1. The van der Waals surface area contributed by atoms with E-state index in [0.29, 0.717) is 12.5 Å². The molecule has 0 aromatic carbocycles. The molecule has 1 aliphatic rings. The number of likely N-dealkylation sites (N-methyl/N-ethyl adjacent to an activating group) is 1. The second-order valence-electron chi connectivity index (χ2n) is 6.17. The second-order valence-corrected chi connectivity index (χ2v) is 6.17. The number of nitrogens with one attached hydrogen (secondary N) is 1. The first-order chi connectivity index (χ1) is 11.1. The topological polar surface area (TPSA) is 63.1 Å². The molecule has 0 unspecified atom stereocenters. The Labute approximate surface area is 136 Å². The second kappa shape index (κ2) is 6.91. The minimum Gasteiger partial charge on any atom is -0.337 e. The van der Waals surface area contributed by atoms with E-state index < -0.39 is 0 Å². The first-order valence-electron chi connectivity index (χ1n) is 8.04. The minimum absolute atomic E-state index is 0.0448. The zero-order chi connectivity index (χ0) is 16.2. The van der Waals surface area contributed by atoms with Crippen molar-refractivity contribution in [2.24, 2.45) is 0 Å². The SMILES string of the molecule is C[C@H](CCn1cccn1)N[C@@H]1CC(=O)N(C)[C@H]1c1cccnc1. The lowest BCUT2D eigenvalue weighted by Gasteiger charge is -2.28. The first-order valence-corrected chi connectivity index (χ1v) is 8.04. The number of hydrogen-bond donors (Lipinski definition) is 1. The van der Waals surface area contributed by atoms with E-state index in [-0.39, 0.29) is 18.0 Å². The zero-order valence-electron chi connectivity index (χ0n) is 13.6. The number of pyridine rings is 1. The molecule has 1 aliphatic heterocycles. The Bertz CT molecular complexity index is 628. The molecule has 0 saturated carbocycles. The van der Waals surface area contributed by atoms with Gasteiger partial charge in [-0.1, -0.05) is 6.07 Å². The Morgan fingerprint density at radius 3 is 2.96 bits per heavy atom. The Morgan fingerprint density at radius 1 is 1.39 bits per heavy atom. The highest BCUT2D eigenvalue weighted by atomic mass is 16.2. The molecule has 1 fully saturated rings. The third kappa shape index (κ3) is 3.59. The van der Waals surface area contributed by atoms with E-state index in [9.17, 15) is 4.79 Å². The molecule has 1 saturated heterocycles. The summed E-state index contributed by atoms with van der Waals surface area (Å²) >= 11 is 0. The van der Waals surface area contributed by atoms with Crippen molar-refractivity contribution in [1.29, 1.82) is 0 Å². The number of carbonyl (C=O) groups is 1. The molecule has 2 aromatic heterocycles. The maximum atomic E-state index is 12.1. The van der Waals surface area contributed by atoms with E-state index in [4.69, 9.17) is 0 Å². The molecule has 6 nitrogen and oxygen atoms in total. The molecule has 0 bridgehead atoms. The summed E-state index contributed by atoms with van der Waals surface area (Å²) in [6.07, 6.45) is 8.87. The van der Waals surface area contributed by atoms with E-state index in [0.717, 1.165) is 18.5 Å². The molecule has 0 spiro atoms. The van der Waals surface area contributed by atoms with E-state index in [1.54, 1.807) is 12.4 Å². The fourth-order valence-corrected chi connectivity index (χ4v) is 3.23. The zero-order valence-corrected chi connectivity index (χ0v) is 13.6. The summed E-state index contributed by atoms with van der Waals surface area (Å²) in [7, 11) is 1.87. The number of hydrogen-bond acceptors (Lipinski definition) is 4. The highest BCUT2D eigenvalue weighted by Crippen LogP contribution is 2.31. The summed E-state index contributed by atoms with van der Waals surface area (Å²) in [6, 6.07) is 6.36. The van der Waals surface area contributed by atoms with Crippen molar-refractivity contribution in [3.63, 3.8) is 0 Å². The van der Waals surface area contributed by atoms with Gasteiger partial charge in [0.2, 0.25) is 5.91 Å². The van der Waals surface area contributed by atoms with Crippen LogP contribution < -0.4 is 5.32 Å². The van der Waals surface area contributed by atoms with Crippen LogP contribution in [-0.4, -0.2) is 44.7 Å². The molecule has 0 radical (unpaired) electrons. The number of carbonyl (C=O) groups excluding carboxylic acids is 1. The van der Waals surface area contributed by atoms with Crippen molar-refractivity contribution in [3.05, 3.63) is 48.5 Å². The van der Waals surface area contributed by atoms with Gasteiger partial charge in [-0.2, -0.15) is 5.10 Å². The smallest absolute Gasteiger partial charge is 0.224 e. The van der Waals surface area contributed by atoms with Gasteiger partial charge in [-0.15, -0.1) is 0 Å². The molecule has 6 heteroatoms. The molecule has 3 heterocycles. The van der Waals surface area contributed by atoms with Gasteiger partial charge in [0.1, 0.15) is 0 Å². The van der Waals surface area contributed by atoms with Crippen LogP contribution in [0.3, 0.4) is 0 Å². The van der Waals surface area contributed by atoms with Crippen molar-refractivity contribution >= 4 is 5.91 Å². The minimum atomic E-state index is 0.0448. The number of aromatic nitrogens is 3. The van der Waals surface area contributed by atoms with Gasteiger partial charge in [-0.3, -0.25) is 14.5 Å². The lowest BCUT2D eigenvalue weighted by molar-refractivity contribution is -0.127. The fourth-order valence-electron chi connectivity index (χ4n) is 3.23. The van der Waals surface area contributed by atoms with Crippen molar-refractivity contribution in [1.82, 2.24) is 25.0 Å². The Morgan fingerprint density at radius 2 is 2.26 bits per heavy atom. The number of nitrogens with zero attached hydrogens (tertiary/aromatic N) is 4. The molecule has 1 amide bonds. The van der Waals surface area contributed by atoms with Crippen molar-refractivity contribution < 1.29 is 4.79 Å². The van der Waals surface area contributed by atoms with Gasteiger partial charge in [0.05, 0.1) is 6.04 Å². The summed E-state index contributed by atoms with van der Waals surface area (Å²) in [5.74, 6) is 0.177. The summed E-state index contributed by atoms with van der Waals surface area (Å²) < 4.78 is 1.93. The van der Waals surface area contributed by atoms with Crippen molar-refractivity contribution in [2.75, 3.05) is 7.05 Å². The molecule has 3 rings (SSSR count). The van der Waals surface area contributed by atoms with Crippen LogP contribution in [-0.2, 0) is 11.3 Å². The number of amides is 1. The van der Waals surface area contributed by atoms with E-state index >= 15 is 0 Å². The maximum Gasteiger partial charge on any atom is 0.224 e. The molecule has 3 atom stereocenters. The van der Waals surface area contributed by atoms with Gasteiger partial charge in [0.15, 0.2) is 0 Å². The first kappa shape index (κ1) is 15.7. The highest BCUT2D eigenvalue weighted by Gasteiger charge is 2.38. The molecule has 1 N–H and O–H groups in total. The average molecular weight is 313 g/mol. The summed E-state index contributed by atoms with van der Waals surface area (Å²) in [6.45, 7) is 3.03. The van der Waals surface area contributed by atoms with Crippen LogP contribution in [0.25, 0.3) is 0 Å². The standard InChI is InChI=1S/C17H23N5O/c1-13(6-10-22-9-4-8-19-22)20-15-11-16(23)21(2)17(15)14-5-3-7-18-12-14/h3-5,7-9,12-13,15,17,20H,6,10-11H2,1-2H3/t13-,15-,17+/m1/s1. The van der Waals surface area contributed by atoms with Gasteiger partial charge in [-0.05, 0) is 31.0 Å². The van der Waals surface area contributed by atoms with Crippen LogP contribution in [0.15, 0.2) is 43.0 Å². The van der Waals surface area contributed by atoms with Crippen LogP contribution in [0, 0.1) is 0 Å². The summed E-state index contributed by atoms with van der Waals surface area (Å²) in [5.41, 5.74) is 1.08. The molecule has 23 heavy (non-hydrogen) atoms. The third-order valence-corrected chi connectivity index (χ3v) is 4.46. The van der Waals surface area contributed by atoms with E-state index in [1.807, 2.05) is 47.2 Å². The van der Waals surface area contributed by atoms with Gasteiger partial charge in [0.25, 0.3) is 0 Å². The van der Waals surface area contributed by atoms with E-state index in [1.165, 1.54) is 0 Å². The lowest BCUT2D eigenvalue weighted by atomic mass is 10.0. The molecular weight excluding hydrogens is 290 g/mol. The fraction of sp³-hybridized carbons (Fsp3) is 0.471. The third-order valence-electron chi connectivity index (χ3n) is 4.46. The molecule has 0 aliphatic carbocycles. The number of aryl methyl sites for hydroxylation is 1.